The molecule has 1 unspecified atom stereocenters. The summed E-state index contributed by atoms with van der Waals surface area (Å²) in [5, 5.41) is 9.86. The van der Waals surface area contributed by atoms with Crippen LogP contribution in [0.3, 0.4) is 0 Å². The number of rotatable bonds is 4. The summed E-state index contributed by atoms with van der Waals surface area (Å²) in [7, 11) is 0. The lowest BCUT2D eigenvalue weighted by Crippen LogP contribution is -2.22. The maximum atomic E-state index is 9.86. The van der Waals surface area contributed by atoms with Crippen molar-refractivity contribution < 1.29 is 5.11 Å². The molecule has 0 saturated carbocycles. The van der Waals surface area contributed by atoms with E-state index in [1.54, 1.807) is 0 Å². The molecular weight excluding hydrogens is 184 g/mol. The molecule has 0 aromatic heterocycles. The summed E-state index contributed by atoms with van der Waals surface area (Å²) in [6.07, 6.45) is 0.715. The normalized spacial score (nSPS) is 13.6. The minimum Gasteiger partial charge on any atom is -0.390 e. The number of hydrogen-bond acceptors (Lipinski definition) is 1. The first kappa shape index (κ1) is 12.0. The Kier molecular flexibility index (Phi) is 3.70. The molecule has 1 aromatic carbocycles. The van der Waals surface area contributed by atoms with Crippen LogP contribution in [0.1, 0.15) is 38.7 Å². The van der Waals surface area contributed by atoms with Crippen LogP contribution in [-0.2, 0) is 0 Å². The molecule has 0 heterocycles. The first-order valence-electron chi connectivity index (χ1n) is 5.33. The van der Waals surface area contributed by atoms with Crippen LogP contribution in [0.15, 0.2) is 42.5 Å². The number of aliphatic hydroxyl groups is 1. The van der Waals surface area contributed by atoms with Gasteiger partial charge in [0.15, 0.2) is 0 Å². The van der Waals surface area contributed by atoms with Crippen LogP contribution < -0.4 is 0 Å². The highest BCUT2D eigenvalue weighted by Crippen LogP contribution is 2.31. The standard InChI is InChI=1S/C14H20O/c1-11(2)13(10-14(3,4)15)12-8-6-5-7-9-12/h5-9,13,15H,1,10H2,2-4H3. The molecule has 82 valence electrons. The largest absolute Gasteiger partial charge is 0.390 e. The van der Waals surface area contributed by atoms with Crippen molar-refractivity contribution >= 4 is 0 Å². The van der Waals surface area contributed by atoms with Gasteiger partial charge in [0, 0.05) is 5.92 Å². The molecule has 0 radical (unpaired) electrons. The van der Waals surface area contributed by atoms with E-state index >= 15 is 0 Å². The van der Waals surface area contributed by atoms with Crippen molar-refractivity contribution in [2.45, 2.75) is 38.7 Å². The Labute approximate surface area is 92.5 Å². The van der Waals surface area contributed by atoms with E-state index in [9.17, 15) is 5.11 Å². The van der Waals surface area contributed by atoms with Gasteiger partial charge in [-0.05, 0) is 32.8 Å². The highest BCUT2D eigenvalue weighted by Gasteiger charge is 2.21. The zero-order valence-corrected chi connectivity index (χ0v) is 9.83. The van der Waals surface area contributed by atoms with E-state index in [0.29, 0.717) is 6.42 Å². The Morgan fingerprint density at radius 3 is 2.27 bits per heavy atom. The van der Waals surface area contributed by atoms with Crippen LogP contribution in [0.2, 0.25) is 0 Å². The molecule has 0 fully saturated rings. The highest BCUT2D eigenvalue weighted by atomic mass is 16.3. The van der Waals surface area contributed by atoms with E-state index in [1.807, 2.05) is 39.0 Å². The van der Waals surface area contributed by atoms with Crippen LogP contribution >= 0.6 is 0 Å². The van der Waals surface area contributed by atoms with E-state index in [0.717, 1.165) is 5.57 Å². The maximum absolute atomic E-state index is 9.86. The van der Waals surface area contributed by atoms with Crippen molar-refractivity contribution in [2.24, 2.45) is 0 Å². The lowest BCUT2D eigenvalue weighted by atomic mass is 9.84. The second-order valence-electron chi connectivity index (χ2n) is 4.83. The summed E-state index contributed by atoms with van der Waals surface area (Å²) in [4.78, 5) is 0. The fourth-order valence-corrected chi connectivity index (χ4v) is 1.76. The zero-order valence-electron chi connectivity index (χ0n) is 9.83. The van der Waals surface area contributed by atoms with Crippen LogP contribution in [0.4, 0.5) is 0 Å². The average molecular weight is 204 g/mol. The summed E-state index contributed by atoms with van der Waals surface area (Å²) in [5.41, 5.74) is 1.68. The molecule has 0 bridgehead atoms. The predicted octanol–water partition coefficient (Wildman–Crippen LogP) is 3.51. The molecule has 0 aliphatic rings. The predicted molar refractivity (Wildman–Crippen MR) is 64.9 cm³/mol. The first-order chi connectivity index (χ1) is 6.90. The third-order valence-corrected chi connectivity index (χ3v) is 2.50. The quantitative estimate of drug-likeness (QED) is 0.744. The Balaban J connectivity index is 2.90. The lowest BCUT2D eigenvalue weighted by Gasteiger charge is -2.25. The van der Waals surface area contributed by atoms with Crippen LogP contribution in [0.5, 0.6) is 0 Å². The Bertz CT molecular complexity index is 319. The average Bonchev–Trinajstić information content (AvgIpc) is 2.14. The minimum atomic E-state index is -0.653. The van der Waals surface area contributed by atoms with Gasteiger partial charge in [0.1, 0.15) is 0 Å². The van der Waals surface area contributed by atoms with Crippen molar-refractivity contribution in [3.63, 3.8) is 0 Å². The smallest absolute Gasteiger partial charge is 0.0600 e. The van der Waals surface area contributed by atoms with Crippen LogP contribution in [-0.4, -0.2) is 10.7 Å². The van der Waals surface area contributed by atoms with Gasteiger partial charge in [-0.3, -0.25) is 0 Å². The third kappa shape index (κ3) is 3.88. The number of allylic oxidation sites excluding steroid dienone is 1. The maximum Gasteiger partial charge on any atom is 0.0600 e. The number of hydrogen-bond donors (Lipinski definition) is 1. The molecule has 0 aliphatic carbocycles. The summed E-state index contributed by atoms with van der Waals surface area (Å²) in [5.74, 6) is 0.242. The monoisotopic (exact) mass is 204 g/mol. The molecule has 1 atom stereocenters. The molecule has 0 spiro atoms. The highest BCUT2D eigenvalue weighted by molar-refractivity contribution is 5.27. The molecule has 0 amide bonds. The van der Waals surface area contributed by atoms with Crippen molar-refractivity contribution in [1.29, 1.82) is 0 Å². The molecule has 0 aliphatic heterocycles. The summed E-state index contributed by atoms with van der Waals surface area (Å²) >= 11 is 0. The van der Waals surface area contributed by atoms with Gasteiger partial charge in [-0.15, -0.1) is 0 Å². The Morgan fingerprint density at radius 1 is 1.33 bits per heavy atom. The van der Waals surface area contributed by atoms with Gasteiger partial charge >= 0.3 is 0 Å². The first-order valence-corrected chi connectivity index (χ1v) is 5.33. The SMILES string of the molecule is C=C(C)C(CC(C)(C)O)c1ccccc1. The van der Waals surface area contributed by atoms with Crippen molar-refractivity contribution in [3.05, 3.63) is 48.0 Å². The third-order valence-electron chi connectivity index (χ3n) is 2.50. The molecule has 1 rings (SSSR count). The molecule has 1 N–H and O–H groups in total. The van der Waals surface area contributed by atoms with Crippen molar-refractivity contribution in [2.75, 3.05) is 0 Å². The minimum absolute atomic E-state index is 0.242. The van der Waals surface area contributed by atoms with Crippen LogP contribution in [0, 0.1) is 0 Å². The Morgan fingerprint density at radius 2 is 1.87 bits per heavy atom. The van der Waals surface area contributed by atoms with Gasteiger partial charge in [0.25, 0.3) is 0 Å². The van der Waals surface area contributed by atoms with E-state index in [2.05, 4.69) is 18.7 Å². The lowest BCUT2D eigenvalue weighted by molar-refractivity contribution is 0.0663. The van der Waals surface area contributed by atoms with Gasteiger partial charge in [0.05, 0.1) is 5.60 Å². The van der Waals surface area contributed by atoms with Gasteiger partial charge < -0.3 is 5.11 Å². The fourth-order valence-electron chi connectivity index (χ4n) is 1.76. The number of benzene rings is 1. The fraction of sp³-hybridized carbons (Fsp3) is 0.429. The second-order valence-corrected chi connectivity index (χ2v) is 4.83. The summed E-state index contributed by atoms with van der Waals surface area (Å²) in [6.45, 7) is 9.70. The zero-order chi connectivity index (χ0) is 11.5. The van der Waals surface area contributed by atoms with Gasteiger partial charge in [0.2, 0.25) is 0 Å². The molecule has 1 nitrogen and oxygen atoms in total. The van der Waals surface area contributed by atoms with Crippen molar-refractivity contribution in [1.82, 2.24) is 0 Å². The second kappa shape index (κ2) is 4.63. The van der Waals surface area contributed by atoms with Crippen LogP contribution in [0.25, 0.3) is 0 Å². The van der Waals surface area contributed by atoms with E-state index in [-0.39, 0.29) is 5.92 Å². The molecule has 15 heavy (non-hydrogen) atoms. The van der Waals surface area contributed by atoms with Gasteiger partial charge in [-0.2, -0.15) is 0 Å². The van der Waals surface area contributed by atoms with Crippen molar-refractivity contribution in [3.8, 4) is 0 Å². The van der Waals surface area contributed by atoms with E-state index < -0.39 is 5.60 Å². The van der Waals surface area contributed by atoms with E-state index in [1.165, 1.54) is 5.56 Å². The van der Waals surface area contributed by atoms with Gasteiger partial charge in [-0.1, -0.05) is 42.5 Å². The van der Waals surface area contributed by atoms with E-state index in [4.69, 9.17) is 0 Å². The molecule has 1 heteroatoms. The summed E-state index contributed by atoms with van der Waals surface area (Å²) < 4.78 is 0. The molecule has 1 aromatic rings. The Hall–Kier alpha value is -1.08. The topological polar surface area (TPSA) is 20.2 Å². The summed E-state index contributed by atoms with van der Waals surface area (Å²) in [6, 6.07) is 10.2. The van der Waals surface area contributed by atoms with Gasteiger partial charge in [-0.25, -0.2) is 0 Å². The molecular formula is C14H20O. The molecule has 0 saturated heterocycles.